The van der Waals surface area contributed by atoms with Crippen molar-refractivity contribution in [2.24, 2.45) is 10.9 Å². The van der Waals surface area contributed by atoms with Gasteiger partial charge in [-0.05, 0) is 60.6 Å². The van der Waals surface area contributed by atoms with E-state index in [0.29, 0.717) is 13.0 Å². The second-order valence-corrected chi connectivity index (χ2v) is 10.9. The van der Waals surface area contributed by atoms with Crippen LogP contribution < -0.4 is 5.32 Å². The zero-order valence-electron chi connectivity index (χ0n) is 21.7. The predicted octanol–water partition coefficient (Wildman–Crippen LogP) is 4.08. The number of hydrogen-bond donors (Lipinski definition) is 3. The SMILES string of the molecule is O=C(CCC1CCCCC1)NCCN1C2=NC[C@H](Cc3ccc(O)cc3)N2C[C@H]1Cc1ccc(O)cc1. The fraction of sp³-hybridized carbons (Fsp3) is 0.533. The minimum Gasteiger partial charge on any atom is -0.508 e. The number of aromatic hydroxyl groups is 2. The van der Waals surface area contributed by atoms with Gasteiger partial charge in [0.1, 0.15) is 11.5 Å². The number of rotatable bonds is 10. The number of carbonyl (C=O) groups excluding carboxylic acids is 1. The van der Waals surface area contributed by atoms with Gasteiger partial charge in [0, 0.05) is 26.1 Å². The highest BCUT2D eigenvalue weighted by Crippen LogP contribution is 2.29. The van der Waals surface area contributed by atoms with E-state index in [2.05, 4.69) is 15.1 Å². The quantitative estimate of drug-likeness (QED) is 0.454. The highest BCUT2D eigenvalue weighted by molar-refractivity contribution is 5.85. The van der Waals surface area contributed by atoms with Crippen molar-refractivity contribution in [2.45, 2.75) is 69.9 Å². The second-order valence-electron chi connectivity index (χ2n) is 10.9. The van der Waals surface area contributed by atoms with Crippen LogP contribution in [0.1, 0.15) is 56.1 Å². The number of guanidine groups is 1. The topological polar surface area (TPSA) is 88.4 Å². The Morgan fingerprint density at radius 3 is 2.16 bits per heavy atom. The molecule has 2 aliphatic heterocycles. The highest BCUT2D eigenvalue weighted by atomic mass is 16.3. The molecule has 1 aliphatic carbocycles. The highest BCUT2D eigenvalue weighted by Gasteiger charge is 2.41. The molecule has 2 aromatic rings. The van der Waals surface area contributed by atoms with Crippen molar-refractivity contribution in [1.82, 2.24) is 15.1 Å². The van der Waals surface area contributed by atoms with Crippen LogP contribution >= 0.6 is 0 Å². The summed E-state index contributed by atoms with van der Waals surface area (Å²) < 4.78 is 0. The summed E-state index contributed by atoms with van der Waals surface area (Å²) in [7, 11) is 0. The lowest BCUT2D eigenvalue weighted by Crippen LogP contribution is -2.42. The number of carbonyl (C=O) groups is 1. The molecule has 2 aromatic carbocycles. The van der Waals surface area contributed by atoms with Gasteiger partial charge in [-0.1, -0.05) is 56.4 Å². The van der Waals surface area contributed by atoms with Gasteiger partial charge in [0.2, 0.25) is 5.91 Å². The van der Waals surface area contributed by atoms with Crippen LogP contribution in [0.25, 0.3) is 0 Å². The molecule has 0 spiro atoms. The van der Waals surface area contributed by atoms with Crippen molar-refractivity contribution >= 4 is 11.9 Å². The smallest absolute Gasteiger partial charge is 0.220 e. The molecule has 0 aromatic heterocycles. The lowest BCUT2D eigenvalue weighted by molar-refractivity contribution is -0.121. The van der Waals surface area contributed by atoms with Crippen LogP contribution in [0.15, 0.2) is 53.5 Å². The number of amides is 1. The number of nitrogens with zero attached hydrogens (tertiary/aromatic N) is 3. The Hall–Kier alpha value is -3.22. The maximum Gasteiger partial charge on any atom is 0.220 e. The van der Waals surface area contributed by atoms with Crippen LogP contribution in [-0.4, -0.2) is 70.1 Å². The van der Waals surface area contributed by atoms with Gasteiger partial charge in [0.25, 0.3) is 0 Å². The summed E-state index contributed by atoms with van der Waals surface area (Å²) >= 11 is 0. The third-order valence-electron chi connectivity index (χ3n) is 8.24. The van der Waals surface area contributed by atoms with E-state index in [0.717, 1.165) is 50.8 Å². The molecule has 0 radical (unpaired) electrons. The van der Waals surface area contributed by atoms with E-state index in [1.165, 1.54) is 43.2 Å². The van der Waals surface area contributed by atoms with Gasteiger partial charge < -0.3 is 25.3 Å². The summed E-state index contributed by atoms with van der Waals surface area (Å²) in [5, 5.41) is 22.5. The molecule has 3 aliphatic rings. The minimum absolute atomic E-state index is 0.162. The summed E-state index contributed by atoms with van der Waals surface area (Å²) in [5.74, 6) is 2.48. The molecule has 7 heteroatoms. The van der Waals surface area contributed by atoms with Crippen molar-refractivity contribution in [2.75, 3.05) is 26.2 Å². The lowest BCUT2D eigenvalue weighted by atomic mass is 9.86. The molecule has 7 nitrogen and oxygen atoms in total. The number of benzene rings is 2. The Kier molecular flexibility index (Phi) is 8.17. The van der Waals surface area contributed by atoms with Crippen LogP contribution in [0.5, 0.6) is 11.5 Å². The second kappa shape index (κ2) is 11.9. The van der Waals surface area contributed by atoms with E-state index in [1.807, 2.05) is 24.3 Å². The summed E-state index contributed by atoms with van der Waals surface area (Å²) in [6.07, 6.45) is 9.92. The Bertz CT molecular complexity index is 1060. The van der Waals surface area contributed by atoms with Gasteiger partial charge >= 0.3 is 0 Å². The first-order chi connectivity index (χ1) is 18.0. The number of hydrogen-bond acceptors (Lipinski definition) is 6. The number of aliphatic imine (C=N–C) groups is 1. The summed E-state index contributed by atoms with van der Waals surface area (Å²) in [6, 6.07) is 15.5. The lowest BCUT2D eigenvalue weighted by Gasteiger charge is -2.26. The normalized spacial score (nSPS) is 21.7. The summed E-state index contributed by atoms with van der Waals surface area (Å²) in [6.45, 7) is 2.99. The monoisotopic (exact) mass is 504 g/mol. The molecule has 198 valence electrons. The molecular formula is C30H40N4O3. The van der Waals surface area contributed by atoms with Crippen LogP contribution in [-0.2, 0) is 17.6 Å². The molecule has 3 N–H and O–H groups in total. The standard InChI is InChI=1S/C30H40N4O3/c35-27-11-6-23(7-12-27)18-25-20-32-30-33(17-16-31-29(37)15-10-22-4-2-1-3-5-22)26(21-34(25)30)19-24-8-13-28(36)14-9-24/h6-9,11-14,22,25-26,35-36H,1-5,10,15-21H2,(H,31,37)/t25-,26+/m0/s1. The third kappa shape index (κ3) is 6.56. The average molecular weight is 505 g/mol. The van der Waals surface area contributed by atoms with E-state index in [9.17, 15) is 15.0 Å². The Morgan fingerprint density at radius 1 is 0.892 bits per heavy atom. The third-order valence-corrected chi connectivity index (χ3v) is 8.24. The minimum atomic E-state index is 0.162. The van der Waals surface area contributed by atoms with Crippen LogP contribution in [0, 0.1) is 5.92 Å². The van der Waals surface area contributed by atoms with Crippen molar-refractivity contribution in [1.29, 1.82) is 0 Å². The van der Waals surface area contributed by atoms with Crippen molar-refractivity contribution in [3.05, 3.63) is 59.7 Å². The molecular weight excluding hydrogens is 464 g/mol. The van der Waals surface area contributed by atoms with E-state index < -0.39 is 0 Å². The van der Waals surface area contributed by atoms with Crippen molar-refractivity contribution in [3.63, 3.8) is 0 Å². The van der Waals surface area contributed by atoms with Crippen LogP contribution in [0.3, 0.4) is 0 Å². The zero-order chi connectivity index (χ0) is 25.6. The fourth-order valence-corrected chi connectivity index (χ4v) is 6.17. The largest absolute Gasteiger partial charge is 0.508 e. The van der Waals surface area contributed by atoms with Crippen molar-refractivity contribution in [3.8, 4) is 11.5 Å². The van der Waals surface area contributed by atoms with Crippen molar-refractivity contribution < 1.29 is 15.0 Å². The number of nitrogens with one attached hydrogen (secondary N) is 1. The first kappa shape index (κ1) is 25.4. The summed E-state index contributed by atoms with van der Waals surface area (Å²) in [4.78, 5) is 22.3. The Morgan fingerprint density at radius 2 is 1.51 bits per heavy atom. The van der Waals surface area contributed by atoms with E-state index in [4.69, 9.17) is 4.99 Å². The van der Waals surface area contributed by atoms with Gasteiger partial charge in [-0.3, -0.25) is 9.79 Å². The zero-order valence-corrected chi connectivity index (χ0v) is 21.7. The molecule has 5 rings (SSSR count). The molecule has 2 fully saturated rings. The van der Waals surface area contributed by atoms with Gasteiger partial charge in [0.05, 0.1) is 18.6 Å². The maximum atomic E-state index is 12.6. The fourth-order valence-electron chi connectivity index (χ4n) is 6.17. The Labute approximate surface area is 220 Å². The first-order valence-electron chi connectivity index (χ1n) is 14.0. The van der Waals surface area contributed by atoms with E-state index in [1.54, 1.807) is 24.3 Å². The Balaban J connectivity index is 1.19. The van der Waals surface area contributed by atoms with Gasteiger partial charge in [-0.15, -0.1) is 0 Å². The molecule has 1 saturated heterocycles. The first-order valence-corrected chi connectivity index (χ1v) is 14.0. The summed E-state index contributed by atoms with van der Waals surface area (Å²) in [5.41, 5.74) is 2.37. The molecule has 2 heterocycles. The maximum absolute atomic E-state index is 12.6. The van der Waals surface area contributed by atoms with E-state index >= 15 is 0 Å². The average Bonchev–Trinajstić information content (AvgIpc) is 3.45. The van der Waals surface area contributed by atoms with Gasteiger partial charge in [-0.2, -0.15) is 0 Å². The van der Waals surface area contributed by atoms with E-state index in [-0.39, 0.29) is 29.5 Å². The number of phenols is 2. The van der Waals surface area contributed by atoms with Crippen LogP contribution in [0.4, 0.5) is 0 Å². The number of phenolic OH excluding ortho intramolecular Hbond substituents is 2. The van der Waals surface area contributed by atoms with Gasteiger partial charge in [-0.25, -0.2) is 0 Å². The molecule has 1 saturated carbocycles. The molecule has 1 amide bonds. The molecule has 2 atom stereocenters. The molecule has 0 unspecified atom stereocenters. The molecule has 37 heavy (non-hydrogen) atoms. The van der Waals surface area contributed by atoms with Gasteiger partial charge in [0.15, 0.2) is 5.96 Å². The number of fused-ring (bicyclic) bond motifs is 1. The molecule has 0 bridgehead atoms. The van der Waals surface area contributed by atoms with Crippen LogP contribution in [0.2, 0.25) is 0 Å². The predicted molar refractivity (Wildman–Crippen MR) is 146 cm³/mol.